The Bertz CT molecular complexity index is 503. The van der Waals surface area contributed by atoms with E-state index >= 15 is 0 Å². The van der Waals surface area contributed by atoms with E-state index in [-0.39, 0.29) is 11.7 Å². The number of carbonyl (C=O) groups excluding carboxylic acids is 1. The predicted octanol–water partition coefficient (Wildman–Crippen LogP) is 2.56. The molecular formula is C13H18O3S. The van der Waals surface area contributed by atoms with Crippen molar-refractivity contribution in [1.29, 1.82) is 0 Å². The van der Waals surface area contributed by atoms with Crippen molar-refractivity contribution in [2.75, 3.05) is 6.26 Å². The number of rotatable bonds is 5. The van der Waals surface area contributed by atoms with Gasteiger partial charge in [-0.15, -0.1) is 0 Å². The van der Waals surface area contributed by atoms with Crippen molar-refractivity contribution in [3.63, 3.8) is 0 Å². The van der Waals surface area contributed by atoms with Gasteiger partial charge in [0.25, 0.3) is 0 Å². The molecule has 4 heteroatoms. The van der Waals surface area contributed by atoms with Crippen LogP contribution in [0.3, 0.4) is 0 Å². The molecule has 0 aromatic heterocycles. The van der Waals surface area contributed by atoms with E-state index in [0.29, 0.717) is 11.3 Å². The van der Waals surface area contributed by atoms with Crippen LogP contribution in [0.4, 0.5) is 0 Å². The van der Waals surface area contributed by atoms with Crippen LogP contribution in [-0.4, -0.2) is 20.5 Å². The molecule has 0 aliphatic heterocycles. The van der Waals surface area contributed by atoms with Crippen LogP contribution in [0.25, 0.3) is 0 Å². The highest BCUT2D eigenvalue weighted by Gasteiger charge is 2.11. The first-order valence-corrected chi connectivity index (χ1v) is 7.49. The van der Waals surface area contributed by atoms with Gasteiger partial charge in [-0.25, -0.2) is 8.42 Å². The summed E-state index contributed by atoms with van der Waals surface area (Å²) >= 11 is 0. The highest BCUT2D eigenvalue weighted by Crippen LogP contribution is 2.23. The van der Waals surface area contributed by atoms with Gasteiger partial charge in [0.1, 0.15) is 5.78 Å². The van der Waals surface area contributed by atoms with Crippen LogP contribution in [0.1, 0.15) is 38.2 Å². The van der Waals surface area contributed by atoms with Gasteiger partial charge in [0.2, 0.25) is 0 Å². The zero-order chi connectivity index (χ0) is 13.1. The first-order chi connectivity index (χ1) is 7.80. The Hall–Kier alpha value is -1.16. The second kappa shape index (κ2) is 5.45. The zero-order valence-electron chi connectivity index (χ0n) is 10.4. The van der Waals surface area contributed by atoms with Crippen molar-refractivity contribution >= 4 is 15.6 Å². The lowest BCUT2D eigenvalue weighted by atomic mass is 9.95. The summed E-state index contributed by atoms with van der Waals surface area (Å²) in [5.74, 6) is 0.358. The molecule has 1 aromatic rings. The third-order valence-corrected chi connectivity index (χ3v) is 3.89. The smallest absolute Gasteiger partial charge is 0.175 e. The lowest BCUT2D eigenvalue weighted by Gasteiger charge is -2.11. The van der Waals surface area contributed by atoms with E-state index < -0.39 is 9.84 Å². The van der Waals surface area contributed by atoms with Gasteiger partial charge >= 0.3 is 0 Å². The van der Waals surface area contributed by atoms with Crippen molar-refractivity contribution in [2.24, 2.45) is 0 Å². The first-order valence-electron chi connectivity index (χ1n) is 5.60. The maximum atomic E-state index is 11.4. The molecule has 1 atom stereocenters. The molecule has 0 aliphatic carbocycles. The molecular weight excluding hydrogens is 236 g/mol. The molecule has 0 amide bonds. The van der Waals surface area contributed by atoms with Crippen LogP contribution in [0.5, 0.6) is 0 Å². The fourth-order valence-electron chi connectivity index (χ4n) is 1.64. The zero-order valence-corrected chi connectivity index (χ0v) is 11.3. The van der Waals surface area contributed by atoms with Crippen LogP contribution >= 0.6 is 0 Å². The molecule has 3 nitrogen and oxygen atoms in total. The summed E-state index contributed by atoms with van der Waals surface area (Å²) in [7, 11) is -3.16. The summed E-state index contributed by atoms with van der Waals surface area (Å²) in [4.78, 5) is 11.2. The third-order valence-electron chi connectivity index (χ3n) is 2.78. The average Bonchev–Trinajstić information content (AvgIpc) is 2.25. The molecule has 0 fully saturated rings. The van der Waals surface area contributed by atoms with Crippen molar-refractivity contribution in [3.05, 3.63) is 29.8 Å². The van der Waals surface area contributed by atoms with Crippen molar-refractivity contribution in [2.45, 2.75) is 37.5 Å². The standard InChI is InChI=1S/C13H18O3S/c1-10(7-8-11(2)14)12-5-4-6-13(9-12)17(3,15)16/h4-6,9-10H,7-8H2,1-3H3. The summed E-state index contributed by atoms with van der Waals surface area (Å²) in [5.41, 5.74) is 0.967. The Morgan fingerprint density at radius 3 is 2.53 bits per heavy atom. The minimum atomic E-state index is -3.16. The largest absolute Gasteiger partial charge is 0.300 e. The Morgan fingerprint density at radius 2 is 2.00 bits per heavy atom. The summed E-state index contributed by atoms with van der Waals surface area (Å²) < 4.78 is 22.8. The molecule has 0 spiro atoms. The van der Waals surface area contributed by atoms with E-state index in [0.717, 1.165) is 12.0 Å². The fraction of sp³-hybridized carbons (Fsp3) is 0.462. The molecule has 0 radical (unpaired) electrons. The van der Waals surface area contributed by atoms with Gasteiger partial charge in [0.05, 0.1) is 4.90 Å². The van der Waals surface area contributed by atoms with Crippen molar-refractivity contribution in [3.8, 4) is 0 Å². The summed E-state index contributed by atoms with van der Waals surface area (Å²) in [6.07, 6.45) is 2.49. The fourth-order valence-corrected chi connectivity index (χ4v) is 2.31. The topological polar surface area (TPSA) is 51.2 Å². The summed E-state index contributed by atoms with van der Waals surface area (Å²) in [6, 6.07) is 6.94. The highest BCUT2D eigenvalue weighted by atomic mass is 32.2. The molecule has 0 saturated heterocycles. The van der Waals surface area contributed by atoms with Crippen molar-refractivity contribution < 1.29 is 13.2 Å². The number of carbonyl (C=O) groups is 1. The molecule has 0 saturated carbocycles. The van der Waals surface area contributed by atoms with Gasteiger partial charge in [0.15, 0.2) is 9.84 Å². The number of hydrogen-bond acceptors (Lipinski definition) is 3. The molecule has 1 rings (SSSR count). The third kappa shape index (κ3) is 4.30. The van der Waals surface area contributed by atoms with Crippen molar-refractivity contribution in [1.82, 2.24) is 0 Å². The molecule has 17 heavy (non-hydrogen) atoms. The van der Waals surface area contributed by atoms with Crippen LogP contribution in [0.2, 0.25) is 0 Å². The first kappa shape index (κ1) is 13.9. The van der Waals surface area contributed by atoms with Crippen LogP contribution in [-0.2, 0) is 14.6 Å². The van der Waals surface area contributed by atoms with Gasteiger partial charge in [0, 0.05) is 12.7 Å². The van der Waals surface area contributed by atoms with E-state index in [1.54, 1.807) is 25.1 Å². The molecule has 94 valence electrons. The Kier molecular flexibility index (Phi) is 4.46. The Balaban J connectivity index is 2.88. The molecule has 1 unspecified atom stereocenters. The number of Topliss-reactive ketones (excluding diaryl/α,β-unsaturated/α-hetero) is 1. The molecule has 0 bridgehead atoms. The lowest BCUT2D eigenvalue weighted by Crippen LogP contribution is -2.01. The molecule has 0 aliphatic rings. The number of benzene rings is 1. The maximum Gasteiger partial charge on any atom is 0.175 e. The van der Waals surface area contributed by atoms with E-state index in [4.69, 9.17) is 0 Å². The molecule has 1 aromatic carbocycles. The van der Waals surface area contributed by atoms with Gasteiger partial charge < -0.3 is 4.79 Å². The van der Waals surface area contributed by atoms with Gasteiger partial charge in [-0.2, -0.15) is 0 Å². The minimum Gasteiger partial charge on any atom is -0.300 e. The van der Waals surface area contributed by atoms with E-state index in [1.165, 1.54) is 6.26 Å². The van der Waals surface area contributed by atoms with Crippen LogP contribution in [0.15, 0.2) is 29.2 Å². The maximum absolute atomic E-state index is 11.4. The normalized spacial score (nSPS) is 13.4. The minimum absolute atomic E-state index is 0.163. The monoisotopic (exact) mass is 254 g/mol. The lowest BCUT2D eigenvalue weighted by molar-refractivity contribution is -0.117. The average molecular weight is 254 g/mol. The Morgan fingerprint density at radius 1 is 1.35 bits per heavy atom. The van der Waals surface area contributed by atoms with Gasteiger partial charge in [-0.1, -0.05) is 19.1 Å². The summed E-state index contributed by atoms with van der Waals surface area (Å²) in [5, 5.41) is 0. The second-order valence-corrected chi connectivity index (χ2v) is 6.50. The highest BCUT2D eigenvalue weighted by molar-refractivity contribution is 7.90. The number of sulfone groups is 1. The predicted molar refractivity (Wildman–Crippen MR) is 67.9 cm³/mol. The number of hydrogen-bond donors (Lipinski definition) is 0. The SMILES string of the molecule is CC(=O)CCC(C)c1cccc(S(C)(=O)=O)c1. The number of ketones is 1. The van der Waals surface area contributed by atoms with Gasteiger partial charge in [-0.05, 0) is 37.0 Å². The molecule has 0 N–H and O–H groups in total. The van der Waals surface area contributed by atoms with E-state index in [9.17, 15) is 13.2 Å². The van der Waals surface area contributed by atoms with Crippen LogP contribution in [0, 0.1) is 0 Å². The van der Waals surface area contributed by atoms with Crippen LogP contribution < -0.4 is 0 Å². The molecule has 0 heterocycles. The van der Waals surface area contributed by atoms with E-state index in [2.05, 4.69) is 0 Å². The van der Waals surface area contributed by atoms with E-state index in [1.807, 2.05) is 13.0 Å². The second-order valence-electron chi connectivity index (χ2n) is 4.49. The van der Waals surface area contributed by atoms with Gasteiger partial charge in [-0.3, -0.25) is 0 Å². The quantitative estimate of drug-likeness (QED) is 0.811. The Labute approximate surface area is 103 Å². The summed E-state index contributed by atoms with van der Waals surface area (Å²) in [6.45, 7) is 3.57.